The average molecular weight is 331 g/mol. The van der Waals surface area contributed by atoms with Gasteiger partial charge >= 0.3 is 0 Å². The van der Waals surface area contributed by atoms with E-state index in [2.05, 4.69) is 0 Å². The Hall–Kier alpha value is -2.56. The van der Waals surface area contributed by atoms with E-state index in [-0.39, 0.29) is 11.7 Å². The molecule has 0 saturated heterocycles. The number of benzene rings is 2. The molecule has 1 amide bonds. The second-order valence-corrected chi connectivity index (χ2v) is 5.47. The summed E-state index contributed by atoms with van der Waals surface area (Å²) in [6.07, 6.45) is -0.0953. The van der Waals surface area contributed by atoms with Gasteiger partial charge in [-0.05, 0) is 36.8 Å². The van der Waals surface area contributed by atoms with Gasteiger partial charge in [-0.3, -0.25) is 4.79 Å². The van der Waals surface area contributed by atoms with Gasteiger partial charge in [-0.2, -0.15) is 0 Å². The molecular formula is C19H22FNO3. The van der Waals surface area contributed by atoms with E-state index < -0.39 is 6.10 Å². The Balaban J connectivity index is 2.05. The highest BCUT2D eigenvalue weighted by molar-refractivity contribution is 5.81. The molecule has 2 aromatic rings. The van der Waals surface area contributed by atoms with Gasteiger partial charge < -0.3 is 14.4 Å². The smallest absolute Gasteiger partial charge is 0.263 e. The van der Waals surface area contributed by atoms with Crippen LogP contribution in [-0.2, 0) is 11.3 Å². The molecule has 4 nitrogen and oxygen atoms in total. The lowest BCUT2D eigenvalue weighted by Gasteiger charge is -2.24. The van der Waals surface area contributed by atoms with E-state index in [9.17, 15) is 9.18 Å². The highest BCUT2D eigenvalue weighted by atomic mass is 19.1. The molecule has 0 heterocycles. The van der Waals surface area contributed by atoms with Crippen molar-refractivity contribution in [2.75, 3.05) is 14.2 Å². The number of likely N-dealkylation sites (N-methyl/N-ethyl adjacent to an activating group) is 1. The van der Waals surface area contributed by atoms with E-state index in [1.54, 1.807) is 19.1 Å². The Bertz CT molecular complexity index is 673. The van der Waals surface area contributed by atoms with E-state index in [0.717, 1.165) is 11.3 Å². The molecule has 0 aliphatic heterocycles. The van der Waals surface area contributed by atoms with E-state index in [4.69, 9.17) is 9.47 Å². The average Bonchev–Trinajstić information content (AvgIpc) is 2.61. The molecular weight excluding hydrogens is 309 g/mol. The van der Waals surface area contributed by atoms with Crippen LogP contribution >= 0.6 is 0 Å². The third-order valence-corrected chi connectivity index (χ3v) is 3.71. The summed E-state index contributed by atoms with van der Waals surface area (Å²) in [6.45, 7) is 2.30. The first-order valence-electron chi connectivity index (χ1n) is 7.84. The molecule has 0 spiro atoms. The Morgan fingerprint density at radius 1 is 1.17 bits per heavy atom. The standard InChI is InChI=1S/C19H22FNO3/c1-4-17(24-16-11-9-15(20)10-12-16)19(22)21(2)13-14-7-5-6-8-18(14)23-3/h5-12,17H,4,13H2,1-3H3/t17-/m1/s1. The number of hydrogen-bond acceptors (Lipinski definition) is 3. The largest absolute Gasteiger partial charge is 0.496 e. The van der Waals surface area contributed by atoms with Gasteiger partial charge in [0.05, 0.1) is 7.11 Å². The Morgan fingerprint density at radius 2 is 1.83 bits per heavy atom. The second kappa shape index (κ2) is 8.34. The summed E-state index contributed by atoms with van der Waals surface area (Å²) >= 11 is 0. The number of nitrogens with zero attached hydrogens (tertiary/aromatic N) is 1. The lowest BCUT2D eigenvalue weighted by Crippen LogP contribution is -2.39. The fourth-order valence-corrected chi connectivity index (χ4v) is 2.40. The topological polar surface area (TPSA) is 38.8 Å². The van der Waals surface area contributed by atoms with Gasteiger partial charge in [-0.15, -0.1) is 0 Å². The van der Waals surface area contributed by atoms with Crippen molar-refractivity contribution in [3.8, 4) is 11.5 Å². The summed E-state index contributed by atoms with van der Waals surface area (Å²) < 4.78 is 24.0. The van der Waals surface area contributed by atoms with E-state index in [0.29, 0.717) is 18.7 Å². The van der Waals surface area contributed by atoms with Crippen LogP contribution in [0.5, 0.6) is 11.5 Å². The summed E-state index contributed by atoms with van der Waals surface area (Å²) in [5.74, 6) is 0.745. The lowest BCUT2D eigenvalue weighted by molar-refractivity contribution is -0.138. The van der Waals surface area contributed by atoms with Crippen LogP contribution in [0.4, 0.5) is 4.39 Å². The molecule has 128 valence electrons. The first-order valence-corrected chi connectivity index (χ1v) is 7.84. The molecule has 0 aliphatic rings. The predicted octanol–water partition coefficient (Wildman–Crippen LogP) is 3.65. The van der Waals surface area contributed by atoms with Crippen LogP contribution in [0.25, 0.3) is 0 Å². The monoisotopic (exact) mass is 331 g/mol. The number of para-hydroxylation sites is 1. The summed E-state index contributed by atoms with van der Waals surface area (Å²) in [4.78, 5) is 14.2. The van der Waals surface area contributed by atoms with Gasteiger partial charge in [0.1, 0.15) is 17.3 Å². The molecule has 0 aromatic heterocycles. The highest BCUT2D eigenvalue weighted by Gasteiger charge is 2.23. The van der Waals surface area contributed by atoms with Crippen molar-refractivity contribution in [1.29, 1.82) is 0 Å². The predicted molar refractivity (Wildman–Crippen MR) is 90.6 cm³/mol. The molecule has 0 fully saturated rings. The molecule has 2 rings (SSSR count). The van der Waals surface area contributed by atoms with E-state index >= 15 is 0 Å². The van der Waals surface area contributed by atoms with Crippen molar-refractivity contribution in [2.45, 2.75) is 26.0 Å². The normalized spacial score (nSPS) is 11.7. The zero-order valence-electron chi connectivity index (χ0n) is 14.2. The van der Waals surface area contributed by atoms with E-state index in [1.165, 1.54) is 24.3 Å². The van der Waals surface area contributed by atoms with Crippen molar-refractivity contribution in [1.82, 2.24) is 4.90 Å². The Kier molecular flexibility index (Phi) is 6.18. The number of carbonyl (C=O) groups excluding carboxylic acids is 1. The van der Waals surface area contributed by atoms with E-state index in [1.807, 2.05) is 31.2 Å². The molecule has 0 bridgehead atoms. The minimum Gasteiger partial charge on any atom is -0.496 e. The number of methoxy groups -OCH3 is 1. The van der Waals surface area contributed by atoms with Crippen molar-refractivity contribution in [3.05, 3.63) is 59.9 Å². The van der Waals surface area contributed by atoms with Gasteiger partial charge in [0.25, 0.3) is 5.91 Å². The first-order chi connectivity index (χ1) is 11.5. The molecule has 0 N–H and O–H groups in total. The number of amides is 1. The molecule has 0 saturated carbocycles. The maximum atomic E-state index is 13.0. The van der Waals surface area contributed by atoms with Crippen LogP contribution in [0.2, 0.25) is 0 Å². The molecule has 0 unspecified atom stereocenters. The molecule has 5 heteroatoms. The lowest BCUT2D eigenvalue weighted by atomic mass is 10.1. The van der Waals surface area contributed by atoms with Crippen molar-refractivity contribution >= 4 is 5.91 Å². The third kappa shape index (κ3) is 4.47. The van der Waals surface area contributed by atoms with Gasteiger partial charge in [0.2, 0.25) is 0 Å². The number of hydrogen-bond donors (Lipinski definition) is 0. The molecule has 1 atom stereocenters. The minimum absolute atomic E-state index is 0.132. The fourth-order valence-electron chi connectivity index (χ4n) is 2.40. The van der Waals surface area contributed by atoms with Crippen LogP contribution in [0, 0.1) is 5.82 Å². The first kappa shape index (κ1) is 17.8. The van der Waals surface area contributed by atoms with Crippen molar-refractivity contribution in [3.63, 3.8) is 0 Å². The quantitative estimate of drug-likeness (QED) is 0.777. The highest BCUT2D eigenvalue weighted by Crippen LogP contribution is 2.20. The zero-order valence-corrected chi connectivity index (χ0v) is 14.2. The molecule has 2 aromatic carbocycles. The summed E-state index contributed by atoms with van der Waals surface area (Å²) in [6, 6.07) is 13.2. The van der Waals surface area contributed by atoms with Gasteiger partial charge in [-0.25, -0.2) is 4.39 Å². The maximum absolute atomic E-state index is 13.0. The fraction of sp³-hybridized carbons (Fsp3) is 0.316. The second-order valence-electron chi connectivity index (χ2n) is 5.47. The van der Waals surface area contributed by atoms with Crippen LogP contribution in [0.1, 0.15) is 18.9 Å². The SMILES string of the molecule is CC[C@@H](Oc1ccc(F)cc1)C(=O)N(C)Cc1ccccc1OC. The molecule has 0 aliphatic carbocycles. The molecule has 24 heavy (non-hydrogen) atoms. The van der Waals surface area contributed by atoms with Gasteiger partial charge in [0.15, 0.2) is 6.10 Å². The summed E-state index contributed by atoms with van der Waals surface area (Å²) in [5.41, 5.74) is 0.924. The summed E-state index contributed by atoms with van der Waals surface area (Å²) in [7, 11) is 3.33. The van der Waals surface area contributed by atoms with Crippen molar-refractivity contribution in [2.24, 2.45) is 0 Å². The van der Waals surface area contributed by atoms with Gasteiger partial charge in [-0.1, -0.05) is 25.1 Å². The minimum atomic E-state index is -0.616. The number of rotatable bonds is 7. The number of ether oxygens (including phenoxy) is 2. The number of carbonyl (C=O) groups is 1. The Morgan fingerprint density at radius 3 is 2.46 bits per heavy atom. The summed E-state index contributed by atoms with van der Waals surface area (Å²) in [5, 5.41) is 0. The van der Waals surface area contributed by atoms with Crippen LogP contribution in [-0.4, -0.2) is 31.1 Å². The van der Waals surface area contributed by atoms with Crippen LogP contribution in [0.15, 0.2) is 48.5 Å². The van der Waals surface area contributed by atoms with Crippen molar-refractivity contribution < 1.29 is 18.7 Å². The third-order valence-electron chi connectivity index (χ3n) is 3.71. The number of halogens is 1. The Labute approximate surface area is 141 Å². The molecule has 0 radical (unpaired) electrons. The van der Waals surface area contributed by atoms with Crippen LogP contribution < -0.4 is 9.47 Å². The van der Waals surface area contributed by atoms with Gasteiger partial charge in [0, 0.05) is 19.2 Å². The zero-order chi connectivity index (χ0) is 17.5. The maximum Gasteiger partial charge on any atom is 0.263 e. The van der Waals surface area contributed by atoms with Crippen LogP contribution in [0.3, 0.4) is 0 Å².